The van der Waals surface area contributed by atoms with Crippen molar-refractivity contribution in [3.05, 3.63) is 60.2 Å². The zero-order valence-electron chi connectivity index (χ0n) is 13.6. The Labute approximate surface area is 152 Å². The fourth-order valence-corrected chi connectivity index (χ4v) is 3.02. The summed E-state index contributed by atoms with van der Waals surface area (Å²) < 4.78 is 6.81. The van der Waals surface area contributed by atoms with Crippen molar-refractivity contribution in [2.24, 2.45) is 0 Å². The van der Waals surface area contributed by atoms with Crippen molar-refractivity contribution in [1.29, 1.82) is 0 Å². The van der Waals surface area contributed by atoms with Crippen molar-refractivity contribution in [3.63, 3.8) is 0 Å². The molecule has 1 amide bonds. The van der Waals surface area contributed by atoms with Crippen LogP contribution in [0.4, 0.5) is 5.69 Å². The lowest BCUT2D eigenvalue weighted by Gasteiger charge is -2.09. The Kier molecular flexibility index (Phi) is 4.52. The molecule has 0 bridgehead atoms. The van der Waals surface area contributed by atoms with Crippen LogP contribution in [0.5, 0.6) is 0 Å². The number of hydrogen-bond donors (Lipinski definition) is 1. The van der Waals surface area contributed by atoms with Gasteiger partial charge in [0.05, 0.1) is 10.6 Å². The van der Waals surface area contributed by atoms with Gasteiger partial charge in [-0.3, -0.25) is 4.79 Å². The molecule has 0 saturated heterocycles. The van der Waals surface area contributed by atoms with Crippen LogP contribution in [-0.4, -0.2) is 30.8 Å². The van der Waals surface area contributed by atoms with E-state index in [1.54, 1.807) is 41.5 Å². The highest BCUT2D eigenvalue weighted by Gasteiger charge is 2.13. The van der Waals surface area contributed by atoms with Crippen molar-refractivity contribution < 1.29 is 9.32 Å². The van der Waals surface area contributed by atoms with Gasteiger partial charge in [0.25, 0.3) is 0 Å². The summed E-state index contributed by atoms with van der Waals surface area (Å²) >= 11 is 1.54. The van der Waals surface area contributed by atoms with Crippen LogP contribution in [0, 0.1) is 0 Å². The normalized spacial score (nSPS) is 10.8. The van der Waals surface area contributed by atoms with E-state index in [1.807, 2.05) is 17.5 Å². The number of amides is 1. The fourth-order valence-electron chi connectivity index (χ4n) is 2.37. The minimum absolute atomic E-state index is 0.165. The number of aryl methyl sites for hydroxylation is 1. The number of pyridine rings is 1. The second-order valence-corrected chi connectivity index (χ2v) is 6.31. The van der Waals surface area contributed by atoms with E-state index < -0.39 is 0 Å². The van der Waals surface area contributed by atoms with Crippen molar-refractivity contribution in [2.45, 2.75) is 12.8 Å². The van der Waals surface area contributed by atoms with Gasteiger partial charge in [0.2, 0.25) is 17.6 Å². The highest BCUT2D eigenvalue weighted by Crippen LogP contribution is 2.21. The molecule has 0 radical (unpaired) electrons. The molecule has 0 aliphatic carbocycles. The lowest BCUT2D eigenvalue weighted by Crippen LogP contribution is -2.15. The van der Waals surface area contributed by atoms with Crippen molar-refractivity contribution in [3.8, 4) is 16.5 Å². The zero-order chi connectivity index (χ0) is 17.8. The molecule has 0 aromatic carbocycles. The minimum atomic E-state index is -0.165. The van der Waals surface area contributed by atoms with Gasteiger partial charge in [-0.05, 0) is 29.6 Å². The summed E-state index contributed by atoms with van der Waals surface area (Å²) in [6.45, 7) is 0. The van der Waals surface area contributed by atoms with Crippen molar-refractivity contribution >= 4 is 22.9 Å². The van der Waals surface area contributed by atoms with Gasteiger partial charge in [0.1, 0.15) is 0 Å². The average molecular weight is 366 g/mol. The first kappa shape index (κ1) is 16.2. The monoisotopic (exact) mass is 366 g/mol. The summed E-state index contributed by atoms with van der Waals surface area (Å²) in [7, 11) is 0. The third-order valence-electron chi connectivity index (χ3n) is 3.56. The van der Waals surface area contributed by atoms with Gasteiger partial charge in [-0.1, -0.05) is 11.2 Å². The summed E-state index contributed by atoms with van der Waals surface area (Å²) in [4.78, 5) is 21.8. The lowest BCUT2D eigenvalue weighted by atomic mass is 10.3. The van der Waals surface area contributed by atoms with Gasteiger partial charge in [0, 0.05) is 31.4 Å². The average Bonchev–Trinajstić information content (AvgIpc) is 3.42. The Hall–Kier alpha value is -3.33. The molecule has 0 atom stereocenters. The number of carbonyl (C=O) groups excluding carboxylic acids is 1. The molecule has 0 aliphatic rings. The molecular formula is C17H14N6O2S. The third-order valence-corrected chi connectivity index (χ3v) is 4.42. The van der Waals surface area contributed by atoms with Crippen LogP contribution in [0.3, 0.4) is 0 Å². The fraction of sp³-hybridized carbons (Fsp3) is 0.118. The largest absolute Gasteiger partial charge is 0.339 e. The van der Waals surface area contributed by atoms with Crippen LogP contribution in [0.25, 0.3) is 16.5 Å². The van der Waals surface area contributed by atoms with Crippen LogP contribution >= 0.6 is 11.3 Å². The molecular weight excluding hydrogens is 352 g/mol. The van der Waals surface area contributed by atoms with E-state index in [1.165, 1.54) is 11.3 Å². The Morgan fingerprint density at radius 2 is 2.19 bits per heavy atom. The standard InChI is InChI=1S/C17H14N6O2S/c24-14(6-7-15-21-16(22-25-15)13-5-2-11-26-13)20-12-4-1-8-18-17(12)23-10-3-9-19-23/h1-5,8-11H,6-7H2,(H,20,24). The number of aromatic nitrogens is 5. The van der Waals surface area contributed by atoms with Crippen molar-refractivity contribution in [1.82, 2.24) is 24.9 Å². The molecule has 8 nitrogen and oxygen atoms in total. The van der Waals surface area contributed by atoms with E-state index in [0.29, 0.717) is 29.6 Å². The van der Waals surface area contributed by atoms with Gasteiger partial charge < -0.3 is 9.84 Å². The number of hydrogen-bond acceptors (Lipinski definition) is 7. The molecule has 0 aliphatic heterocycles. The Bertz CT molecular complexity index is 994. The summed E-state index contributed by atoms with van der Waals surface area (Å²) in [5.41, 5.74) is 0.589. The molecule has 4 rings (SSSR count). The van der Waals surface area contributed by atoms with E-state index in [0.717, 1.165) is 4.88 Å². The molecule has 0 saturated carbocycles. The van der Waals surface area contributed by atoms with Gasteiger partial charge in [-0.25, -0.2) is 9.67 Å². The maximum atomic E-state index is 12.3. The summed E-state index contributed by atoms with van der Waals surface area (Å²) in [6.07, 6.45) is 5.65. The molecule has 0 spiro atoms. The summed E-state index contributed by atoms with van der Waals surface area (Å²) in [5, 5.41) is 12.9. The van der Waals surface area contributed by atoms with Crippen LogP contribution in [-0.2, 0) is 11.2 Å². The molecule has 0 unspecified atom stereocenters. The number of nitrogens with one attached hydrogen (secondary N) is 1. The van der Waals surface area contributed by atoms with E-state index in [9.17, 15) is 4.79 Å². The molecule has 4 heterocycles. The minimum Gasteiger partial charge on any atom is -0.339 e. The summed E-state index contributed by atoms with van der Waals surface area (Å²) in [6, 6.07) is 9.18. The molecule has 26 heavy (non-hydrogen) atoms. The molecule has 1 N–H and O–H groups in total. The highest BCUT2D eigenvalue weighted by atomic mass is 32.1. The van der Waals surface area contributed by atoms with E-state index in [2.05, 4.69) is 25.5 Å². The zero-order valence-corrected chi connectivity index (χ0v) is 14.4. The lowest BCUT2D eigenvalue weighted by molar-refractivity contribution is -0.116. The highest BCUT2D eigenvalue weighted by molar-refractivity contribution is 7.13. The first-order valence-electron chi connectivity index (χ1n) is 7.91. The van der Waals surface area contributed by atoms with Crippen molar-refractivity contribution in [2.75, 3.05) is 5.32 Å². The van der Waals surface area contributed by atoms with E-state index in [-0.39, 0.29) is 12.3 Å². The van der Waals surface area contributed by atoms with Gasteiger partial charge in [-0.15, -0.1) is 11.3 Å². The van der Waals surface area contributed by atoms with Crippen LogP contribution in [0.1, 0.15) is 12.3 Å². The second-order valence-electron chi connectivity index (χ2n) is 5.36. The summed E-state index contributed by atoms with van der Waals surface area (Å²) in [5.74, 6) is 1.37. The topological polar surface area (TPSA) is 98.7 Å². The number of anilines is 1. The van der Waals surface area contributed by atoms with Gasteiger partial charge in [-0.2, -0.15) is 10.1 Å². The number of thiophene rings is 1. The quantitative estimate of drug-likeness (QED) is 0.563. The maximum Gasteiger partial charge on any atom is 0.227 e. The number of rotatable bonds is 6. The Morgan fingerprint density at radius 1 is 1.23 bits per heavy atom. The SMILES string of the molecule is O=C(CCc1nc(-c2cccs2)no1)Nc1cccnc1-n1cccn1. The van der Waals surface area contributed by atoms with E-state index >= 15 is 0 Å². The molecule has 9 heteroatoms. The maximum absolute atomic E-state index is 12.3. The van der Waals surface area contributed by atoms with Crippen LogP contribution in [0.15, 0.2) is 58.8 Å². The molecule has 130 valence electrons. The van der Waals surface area contributed by atoms with Gasteiger partial charge >= 0.3 is 0 Å². The van der Waals surface area contributed by atoms with Crippen LogP contribution < -0.4 is 5.32 Å². The molecule has 4 aromatic rings. The predicted molar refractivity (Wildman–Crippen MR) is 95.9 cm³/mol. The predicted octanol–water partition coefficient (Wildman–Crippen LogP) is 2.95. The van der Waals surface area contributed by atoms with E-state index in [4.69, 9.17) is 4.52 Å². The Balaban J connectivity index is 1.39. The Morgan fingerprint density at radius 3 is 3.00 bits per heavy atom. The van der Waals surface area contributed by atoms with Crippen LogP contribution in [0.2, 0.25) is 0 Å². The first-order valence-corrected chi connectivity index (χ1v) is 8.79. The number of carbonyl (C=O) groups is 1. The first-order chi connectivity index (χ1) is 12.8. The second kappa shape index (κ2) is 7.28. The molecule has 0 fully saturated rings. The smallest absolute Gasteiger partial charge is 0.227 e. The molecule has 4 aromatic heterocycles. The third kappa shape index (κ3) is 3.52. The number of nitrogens with zero attached hydrogens (tertiary/aromatic N) is 5. The van der Waals surface area contributed by atoms with Gasteiger partial charge in [0.15, 0.2) is 5.82 Å².